The monoisotopic (exact) mass is 456 g/mol. The van der Waals surface area contributed by atoms with Crippen molar-refractivity contribution in [2.24, 2.45) is 0 Å². The van der Waals surface area contributed by atoms with E-state index in [-0.39, 0.29) is 17.7 Å². The number of hydrogen-bond donors (Lipinski definition) is 4. The van der Waals surface area contributed by atoms with Crippen molar-refractivity contribution in [3.63, 3.8) is 0 Å². The number of halogens is 3. The summed E-state index contributed by atoms with van der Waals surface area (Å²) in [6.07, 6.45) is -3.57. The second-order valence-electron chi connectivity index (χ2n) is 6.21. The van der Waals surface area contributed by atoms with E-state index < -0.39 is 64.6 Å². The number of carbonyl (C=O) groups excluding carboxylic acids is 2. The molecule has 1 rings (SSSR count). The van der Waals surface area contributed by atoms with Crippen LogP contribution >= 0.6 is 0 Å². The molecule has 1 aromatic rings. The molecule has 9 nitrogen and oxygen atoms in total. The minimum atomic E-state index is -4.80. The van der Waals surface area contributed by atoms with E-state index >= 15 is 0 Å². The molecule has 0 spiro atoms. The molecule has 0 fully saturated rings. The third-order valence-corrected chi connectivity index (χ3v) is 4.36. The molecule has 0 heterocycles. The fraction of sp³-hybridized carbons (Fsp3) is 0.471. The van der Waals surface area contributed by atoms with Gasteiger partial charge in [-0.3, -0.25) is 9.00 Å². The Morgan fingerprint density at radius 2 is 1.83 bits per heavy atom. The third kappa shape index (κ3) is 10.8. The van der Waals surface area contributed by atoms with Crippen molar-refractivity contribution in [3.8, 4) is 5.75 Å². The summed E-state index contributed by atoms with van der Waals surface area (Å²) < 4.78 is 49.5. The molecule has 3 atom stereocenters. The van der Waals surface area contributed by atoms with Crippen LogP contribution in [0.2, 0.25) is 0 Å². The topological polar surface area (TPSA) is 171 Å². The number of alkyl halides is 3. The maximum atomic E-state index is 12.8. The number of amides is 1. The van der Waals surface area contributed by atoms with Gasteiger partial charge in [-0.25, -0.2) is 4.79 Å². The van der Waals surface area contributed by atoms with Crippen molar-refractivity contribution in [3.05, 3.63) is 29.3 Å². The largest absolute Gasteiger partial charge is 0.550 e. The number of rotatable bonds is 8. The summed E-state index contributed by atoms with van der Waals surface area (Å²) in [6.45, 7) is 0.972. The number of benzene rings is 1. The number of quaternary nitrogens is 1. The molecule has 170 valence electrons. The Balaban J connectivity index is 0.00000192. The maximum absolute atomic E-state index is 12.8. The molecule has 1 unspecified atom stereocenters. The quantitative estimate of drug-likeness (QED) is 0.375. The van der Waals surface area contributed by atoms with Crippen molar-refractivity contribution in [2.75, 3.05) is 12.0 Å². The normalized spacial score (nSPS) is 13.9. The molecule has 0 saturated carbocycles. The first-order valence-corrected chi connectivity index (χ1v) is 10.1. The first kappa shape index (κ1) is 27.3. The molecular formula is C17H23F3N2O7S. The van der Waals surface area contributed by atoms with Gasteiger partial charge >= 0.3 is 12.1 Å². The molecular weight excluding hydrogens is 433 g/mol. The summed E-state index contributed by atoms with van der Waals surface area (Å²) >= 11 is 0. The number of carboxylic acids is 2. The van der Waals surface area contributed by atoms with Gasteiger partial charge in [-0.15, -0.1) is 0 Å². The number of aliphatic carboxylic acids is 2. The lowest BCUT2D eigenvalue weighted by Gasteiger charge is -2.17. The van der Waals surface area contributed by atoms with Gasteiger partial charge in [0, 0.05) is 41.6 Å². The standard InChI is InChI=1S/C15H19F3N2O5S.C2H4O2/c1-26(25)5-4-10(19)13(22)20-11(14(23)24)7-8-2-3-12(21)9(6-8)15(16,17)18;1-2(3)4/h2-3,6,10-11,21H,4-5,7,19H2,1H3,(H,20,22)(H,23,24);1H3,(H,3,4)/t10-,11-,26?;/m0./s1. The van der Waals surface area contributed by atoms with Gasteiger partial charge in [-0.2, -0.15) is 13.2 Å². The van der Waals surface area contributed by atoms with E-state index in [0.717, 1.165) is 19.1 Å². The Kier molecular flexibility index (Phi) is 11.0. The Bertz CT molecular complexity index is 783. The smallest absolute Gasteiger partial charge is 0.419 e. The van der Waals surface area contributed by atoms with Gasteiger partial charge in [-0.05, 0) is 24.6 Å². The molecule has 1 amide bonds. The lowest BCUT2D eigenvalue weighted by Crippen LogP contribution is -2.69. The molecule has 0 aromatic heterocycles. The highest BCUT2D eigenvalue weighted by molar-refractivity contribution is 7.84. The minimum absolute atomic E-state index is 0.0156. The number of phenols is 1. The zero-order valence-corrected chi connectivity index (χ0v) is 17.0. The van der Waals surface area contributed by atoms with Crippen LogP contribution in [0, 0.1) is 0 Å². The SMILES string of the molecule is CC(=O)[O-].CS(=O)CC[C@H]([NH3+])C(=O)N[C@@H](Cc1ccc(O)c(C(F)(F)F)c1)C(=O)O. The zero-order valence-electron chi connectivity index (χ0n) is 16.2. The molecule has 30 heavy (non-hydrogen) atoms. The highest BCUT2D eigenvalue weighted by atomic mass is 32.2. The molecule has 0 aliphatic rings. The lowest BCUT2D eigenvalue weighted by atomic mass is 10.0. The van der Waals surface area contributed by atoms with E-state index in [1.165, 1.54) is 6.26 Å². The van der Waals surface area contributed by atoms with E-state index in [2.05, 4.69) is 11.1 Å². The molecule has 13 heteroatoms. The number of carbonyl (C=O) groups is 3. The predicted octanol–water partition coefficient (Wildman–Crippen LogP) is -1.34. The van der Waals surface area contributed by atoms with E-state index in [1.54, 1.807) is 0 Å². The summed E-state index contributed by atoms with van der Waals surface area (Å²) in [7, 11) is -1.14. The Labute approximate surface area is 172 Å². The number of hydrogen-bond acceptors (Lipinski definition) is 6. The van der Waals surface area contributed by atoms with Crippen molar-refractivity contribution in [2.45, 2.75) is 38.0 Å². The number of aromatic hydroxyl groups is 1. The number of carboxylic acid groups (broad SMARTS) is 2. The van der Waals surface area contributed by atoms with Gasteiger partial charge in [-0.1, -0.05) is 6.07 Å². The fourth-order valence-electron chi connectivity index (χ4n) is 2.10. The number of phenolic OH excluding ortho intramolecular Hbond substituents is 1. The molecule has 0 bridgehead atoms. The molecule has 1 aromatic carbocycles. The Hall–Kier alpha value is -2.67. The van der Waals surface area contributed by atoms with Gasteiger partial charge < -0.3 is 31.2 Å². The van der Waals surface area contributed by atoms with Crippen molar-refractivity contribution >= 4 is 28.6 Å². The molecule has 0 saturated heterocycles. The van der Waals surface area contributed by atoms with Crippen LogP contribution in [0.4, 0.5) is 13.2 Å². The van der Waals surface area contributed by atoms with Gasteiger partial charge in [0.1, 0.15) is 11.8 Å². The summed E-state index contributed by atoms with van der Waals surface area (Å²) in [5.74, 6) is -3.96. The van der Waals surface area contributed by atoms with Crippen LogP contribution in [-0.2, 0) is 37.8 Å². The molecule has 0 radical (unpaired) electrons. The van der Waals surface area contributed by atoms with Crippen molar-refractivity contribution in [1.82, 2.24) is 5.32 Å². The summed E-state index contributed by atoms with van der Waals surface area (Å²) in [5, 5.41) is 29.6. The number of nitrogens with one attached hydrogen (secondary N) is 1. The highest BCUT2D eigenvalue weighted by Crippen LogP contribution is 2.36. The highest BCUT2D eigenvalue weighted by Gasteiger charge is 2.34. The van der Waals surface area contributed by atoms with Crippen LogP contribution in [0.15, 0.2) is 18.2 Å². The van der Waals surface area contributed by atoms with E-state index in [4.69, 9.17) is 9.90 Å². The van der Waals surface area contributed by atoms with Crippen LogP contribution in [0.5, 0.6) is 5.75 Å². The third-order valence-electron chi connectivity index (χ3n) is 3.55. The van der Waals surface area contributed by atoms with E-state index in [1.807, 2.05) is 0 Å². The van der Waals surface area contributed by atoms with Gasteiger partial charge in [0.05, 0.1) is 5.56 Å². The molecule has 0 aliphatic carbocycles. The fourth-order valence-corrected chi connectivity index (χ4v) is 2.72. The summed E-state index contributed by atoms with van der Waals surface area (Å²) in [4.78, 5) is 32.2. The Morgan fingerprint density at radius 1 is 1.30 bits per heavy atom. The second kappa shape index (κ2) is 12.1. The van der Waals surface area contributed by atoms with Crippen molar-refractivity contribution in [1.29, 1.82) is 0 Å². The van der Waals surface area contributed by atoms with E-state index in [0.29, 0.717) is 6.07 Å². The van der Waals surface area contributed by atoms with Gasteiger partial charge in [0.2, 0.25) is 0 Å². The van der Waals surface area contributed by atoms with Crippen LogP contribution in [-0.4, -0.2) is 56.4 Å². The first-order chi connectivity index (χ1) is 13.6. The van der Waals surface area contributed by atoms with Gasteiger partial charge in [0.25, 0.3) is 5.91 Å². The van der Waals surface area contributed by atoms with Gasteiger partial charge in [0.15, 0.2) is 6.04 Å². The maximum Gasteiger partial charge on any atom is 0.419 e. The first-order valence-electron chi connectivity index (χ1n) is 8.38. The van der Waals surface area contributed by atoms with Crippen molar-refractivity contribution < 1.29 is 52.8 Å². The van der Waals surface area contributed by atoms with Crippen LogP contribution in [0.25, 0.3) is 0 Å². The Morgan fingerprint density at radius 3 is 2.27 bits per heavy atom. The molecule has 6 N–H and O–H groups in total. The molecule has 0 aliphatic heterocycles. The van der Waals surface area contributed by atoms with Crippen LogP contribution in [0.3, 0.4) is 0 Å². The second-order valence-corrected chi connectivity index (χ2v) is 7.76. The van der Waals surface area contributed by atoms with Crippen LogP contribution < -0.4 is 16.2 Å². The average Bonchev–Trinajstić information content (AvgIpc) is 2.58. The predicted molar refractivity (Wildman–Crippen MR) is 97.3 cm³/mol. The summed E-state index contributed by atoms with van der Waals surface area (Å²) in [6, 6.07) is 0.295. The van der Waals surface area contributed by atoms with Crippen LogP contribution in [0.1, 0.15) is 24.5 Å². The minimum Gasteiger partial charge on any atom is -0.550 e. The average molecular weight is 456 g/mol. The lowest BCUT2D eigenvalue weighted by molar-refractivity contribution is -0.404. The summed E-state index contributed by atoms with van der Waals surface area (Å²) in [5.41, 5.74) is 2.26. The zero-order chi connectivity index (χ0) is 23.6. The van der Waals surface area contributed by atoms with E-state index in [9.17, 15) is 37.2 Å².